The molecule has 1 aliphatic heterocycles. The normalized spacial score (nSPS) is 12.7. The van der Waals surface area contributed by atoms with Crippen LogP contribution in [0.5, 0.6) is 5.75 Å². The smallest absolute Gasteiger partial charge is 0.348 e. The number of carbonyl (C=O) groups is 4. The average molecular weight is 452 g/mol. The van der Waals surface area contributed by atoms with Gasteiger partial charge in [0.1, 0.15) is 17.4 Å². The summed E-state index contributed by atoms with van der Waals surface area (Å²) < 4.78 is 9.93. The molecule has 4 rings (SSSR count). The maximum atomic E-state index is 12.6. The summed E-state index contributed by atoms with van der Waals surface area (Å²) in [7, 11) is 1.17. The predicted molar refractivity (Wildman–Crippen MR) is 121 cm³/mol. The molecular weight excluding hydrogens is 436 g/mol. The monoisotopic (exact) mass is 452 g/mol. The van der Waals surface area contributed by atoms with Crippen molar-refractivity contribution >= 4 is 35.5 Å². The molecule has 8 nitrogen and oxygen atoms in total. The van der Waals surface area contributed by atoms with Gasteiger partial charge in [-0.05, 0) is 60.2 Å². The first-order valence-electron chi connectivity index (χ1n) is 10.0. The molecular formula is C26H16N2O6. The molecule has 0 fully saturated rings. The van der Waals surface area contributed by atoms with Gasteiger partial charge in [-0.15, -0.1) is 0 Å². The van der Waals surface area contributed by atoms with E-state index in [0.29, 0.717) is 22.4 Å². The Morgan fingerprint density at radius 2 is 1.56 bits per heavy atom. The number of ether oxygens (including phenoxy) is 2. The molecule has 0 saturated heterocycles. The zero-order chi connectivity index (χ0) is 24.2. The Morgan fingerprint density at radius 1 is 0.912 bits per heavy atom. The minimum atomic E-state index is -0.775. The van der Waals surface area contributed by atoms with Gasteiger partial charge in [0.2, 0.25) is 0 Å². The van der Waals surface area contributed by atoms with E-state index in [1.165, 1.54) is 43.5 Å². The Kier molecular flexibility index (Phi) is 6.01. The number of imide groups is 1. The predicted octanol–water partition coefficient (Wildman–Crippen LogP) is 3.79. The van der Waals surface area contributed by atoms with Gasteiger partial charge in [0.05, 0.1) is 29.5 Å². The van der Waals surface area contributed by atoms with Crippen LogP contribution in [-0.4, -0.2) is 30.9 Å². The quantitative estimate of drug-likeness (QED) is 0.190. The number of methoxy groups -OCH3 is 1. The lowest BCUT2D eigenvalue weighted by Crippen LogP contribution is -2.29. The third kappa shape index (κ3) is 4.18. The van der Waals surface area contributed by atoms with Crippen LogP contribution in [0.2, 0.25) is 0 Å². The molecule has 0 N–H and O–H groups in total. The molecule has 0 unspecified atom stereocenters. The second kappa shape index (κ2) is 9.22. The third-order valence-electron chi connectivity index (χ3n) is 5.06. The van der Waals surface area contributed by atoms with E-state index in [2.05, 4.69) is 4.74 Å². The topological polar surface area (TPSA) is 114 Å². The highest BCUT2D eigenvalue weighted by Crippen LogP contribution is 2.28. The molecule has 34 heavy (non-hydrogen) atoms. The number of anilines is 1. The van der Waals surface area contributed by atoms with E-state index in [0.717, 1.165) is 4.90 Å². The minimum absolute atomic E-state index is 0.199. The summed E-state index contributed by atoms with van der Waals surface area (Å²) in [6.07, 6.45) is 1.32. The van der Waals surface area contributed by atoms with Crippen molar-refractivity contribution in [2.24, 2.45) is 0 Å². The van der Waals surface area contributed by atoms with Crippen molar-refractivity contribution in [1.29, 1.82) is 5.26 Å². The molecule has 0 radical (unpaired) electrons. The van der Waals surface area contributed by atoms with Crippen molar-refractivity contribution < 1.29 is 28.7 Å². The van der Waals surface area contributed by atoms with Crippen LogP contribution >= 0.6 is 0 Å². The van der Waals surface area contributed by atoms with Crippen LogP contribution in [0.1, 0.15) is 36.6 Å². The molecule has 0 saturated carbocycles. The van der Waals surface area contributed by atoms with Gasteiger partial charge in [-0.25, -0.2) is 14.5 Å². The number of esters is 2. The maximum absolute atomic E-state index is 12.6. The maximum Gasteiger partial charge on any atom is 0.348 e. The second-order valence-electron chi connectivity index (χ2n) is 7.16. The van der Waals surface area contributed by atoms with Crippen LogP contribution in [0.15, 0.2) is 78.4 Å². The van der Waals surface area contributed by atoms with Crippen molar-refractivity contribution in [2.75, 3.05) is 12.0 Å². The van der Waals surface area contributed by atoms with Crippen LogP contribution in [0.3, 0.4) is 0 Å². The van der Waals surface area contributed by atoms with Gasteiger partial charge >= 0.3 is 11.9 Å². The SMILES string of the molecule is COC(=O)/C(C#N)=C/c1cccc(OC(=O)c2ccc(N3C(=O)c4ccccc4C3=O)cc2)c1. The van der Waals surface area contributed by atoms with Gasteiger partial charge < -0.3 is 9.47 Å². The number of nitrogens with zero attached hydrogens (tertiary/aromatic N) is 2. The largest absolute Gasteiger partial charge is 0.465 e. The summed E-state index contributed by atoms with van der Waals surface area (Å²) in [5.74, 6) is -2.09. The highest BCUT2D eigenvalue weighted by molar-refractivity contribution is 6.34. The van der Waals surface area contributed by atoms with Crippen LogP contribution in [0.4, 0.5) is 5.69 Å². The highest BCUT2D eigenvalue weighted by Gasteiger charge is 2.36. The Hall–Kier alpha value is -5.03. The Morgan fingerprint density at radius 3 is 2.15 bits per heavy atom. The molecule has 3 aromatic carbocycles. The van der Waals surface area contributed by atoms with Crippen LogP contribution < -0.4 is 9.64 Å². The molecule has 1 heterocycles. The van der Waals surface area contributed by atoms with Gasteiger partial charge in [0, 0.05) is 0 Å². The van der Waals surface area contributed by atoms with Crippen molar-refractivity contribution in [3.05, 3.63) is 101 Å². The Bertz CT molecular complexity index is 1360. The van der Waals surface area contributed by atoms with E-state index in [9.17, 15) is 19.2 Å². The molecule has 166 valence electrons. The van der Waals surface area contributed by atoms with E-state index in [-0.39, 0.29) is 16.9 Å². The van der Waals surface area contributed by atoms with Crippen LogP contribution in [0, 0.1) is 11.3 Å². The fourth-order valence-electron chi connectivity index (χ4n) is 3.42. The first-order chi connectivity index (χ1) is 16.4. The van der Waals surface area contributed by atoms with Crippen molar-refractivity contribution in [2.45, 2.75) is 0 Å². The fraction of sp³-hybridized carbons (Fsp3) is 0.0385. The fourth-order valence-corrected chi connectivity index (χ4v) is 3.42. The summed E-state index contributed by atoms with van der Waals surface area (Å²) in [5, 5.41) is 9.09. The van der Waals surface area contributed by atoms with Gasteiger partial charge in [0.15, 0.2) is 0 Å². The summed E-state index contributed by atoms with van der Waals surface area (Å²) in [4.78, 5) is 50.5. The van der Waals surface area contributed by atoms with E-state index in [1.54, 1.807) is 48.5 Å². The lowest BCUT2D eigenvalue weighted by Gasteiger charge is -2.14. The van der Waals surface area contributed by atoms with E-state index in [4.69, 9.17) is 10.00 Å². The standard InChI is InChI=1S/C26H16N2O6/c1-33-25(31)18(15-27)13-16-5-4-6-20(14-16)34-26(32)17-9-11-19(12-10-17)28-23(29)21-7-2-3-8-22(21)24(28)30/h2-14H,1H3/b18-13+. The lowest BCUT2D eigenvalue weighted by molar-refractivity contribution is -0.135. The number of benzene rings is 3. The number of hydrogen-bond acceptors (Lipinski definition) is 7. The van der Waals surface area contributed by atoms with Gasteiger partial charge in [-0.1, -0.05) is 24.3 Å². The highest BCUT2D eigenvalue weighted by atomic mass is 16.5. The van der Waals surface area contributed by atoms with Gasteiger partial charge in [0.25, 0.3) is 11.8 Å². The zero-order valence-corrected chi connectivity index (χ0v) is 17.8. The summed E-state index contributed by atoms with van der Waals surface area (Å²) in [5.41, 5.74) is 1.46. The molecule has 2 amide bonds. The Labute approximate surface area is 194 Å². The zero-order valence-electron chi connectivity index (χ0n) is 17.8. The summed E-state index contributed by atoms with van der Waals surface area (Å²) in [6, 6.07) is 20.5. The van der Waals surface area contributed by atoms with Crippen molar-refractivity contribution in [3.8, 4) is 11.8 Å². The lowest BCUT2D eigenvalue weighted by atomic mass is 10.1. The molecule has 0 atom stereocenters. The van der Waals surface area contributed by atoms with Crippen molar-refractivity contribution in [3.63, 3.8) is 0 Å². The van der Waals surface area contributed by atoms with E-state index >= 15 is 0 Å². The molecule has 1 aliphatic rings. The Balaban J connectivity index is 1.50. The number of rotatable bonds is 5. The van der Waals surface area contributed by atoms with E-state index < -0.39 is 23.8 Å². The second-order valence-corrected chi connectivity index (χ2v) is 7.16. The molecule has 0 aliphatic carbocycles. The molecule has 0 bridgehead atoms. The third-order valence-corrected chi connectivity index (χ3v) is 5.06. The summed E-state index contributed by atoms with van der Waals surface area (Å²) in [6.45, 7) is 0. The van der Waals surface area contributed by atoms with Gasteiger partial charge in [-0.3, -0.25) is 9.59 Å². The minimum Gasteiger partial charge on any atom is -0.465 e. The first-order valence-corrected chi connectivity index (χ1v) is 10.0. The number of hydrogen-bond donors (Lipinski definition) is 0. The number of carbonyl (C=O) groups excluding carboxylic acids is 4. The van der Waals surface area contributed by atoms with Crippen LogP contribution in [0.25, 0.3) is 6.08 Å². The molecule has 3 aromatic rings. The number of amides is 2. The molecule has 0 spiro atoms. The van der Waals surface area contributed by atoms with Gasteiger partial charge in [-0.2, -0.15) is 5.26 Å². The molecule has 8 heteroatoms. The van der Waals surface area contributed by atoms with Crippen LogP contribution in [-0.2, 0) is 9.53 Å². The average Bonchev–Trinajstić information content (AvgIpc) is 3.12. The number of nitriles is 1. The molecule has 0 aromatic heterocycles. The summed E-state index contributed by atoms with van der Waals surface area (Å²) >= 11 is 0. The van der Waals surface area contributed by atoms with E-state index in [1.807, 2.05) is 0 Å². The van der Waals surface area contributed by atoms with Crippen molar-refractivity contribution in [1.82, 2.24) is 0 Å². The number of fused-ring (bicyclic) bond motifs is 1. The first kappa shape index (κ1) is 22.2.